The molecule has 7 nitrogen and oxygen atoms in total. The number of hydrogen-bond acceptors (Lipinski definition) is 7. The summed E-state index contributed by atoms with van der Waals surface area (Å²) in [5.41, 5.74) is 13.4. The van der Waals surface area contributed by atoms with Crippen LogP contribution in [0.4, 0.5) is 0 Å². The van der Waals surface area contributed by atoms with Crippen LogP contribution in [0.1, 0.15) is 24.0 Å². The van der Waals surface area contributed by atoms with Crippen molar-refractivity contribution < 1.29 is 14.3 Å². The second-order valence-corrected chi connectivity index (χ2v) is 5.09. The van der Waals surface area contributed by atoms with Crippen molar-refractivity contribution in [3.05, 3.63) is 35.4 Å². The highest BCUT2D eigenvalue weighted by molar-refractivity contribution is 5.92. The van der Waals surface area contributed by atoms with Gasteiger partial charge in [-0.1, -0.05) is 24.3 Å². The van der Waals surface area contributed by atoms with Crippen molar-refractivity contribution in [3.63, 3.8) is 0 Å². The monoisotopic (exact) mass is 322 g/mol. The smallest absolute Gasteiger partial charge is 0.314 e. The molecule has 1 aliphatic rings. The van der Waals surface area contributed by atoms with Crippen LogP contribution in [0.25, 0.3) is 0 Å². The standard InChI is InChI=1S/C12H22N4.C4H4O3/c13-5-7-15-9-11-1-2-12(4-3-11)10-16-8-6-14;5-3-1-2-4(6)7-3/h1-4,15-16H,5-10,13-14H2;1-2H2. The Kier molecular flexibility index (Phi) is 9.81. The van der Waals surface area contributed by atoms with Gasteiger partial charge >= 0.3 is 11.9 Å². The molecule has 2 rings (SSSR count). The van der Waals surface area contributed by atoms with E-state index in [-0.39, 0.29) is 12.8 Å². The number of nitrogens with two attached hydrogens (primary N) is 2. The molecule has 0 bridgehead atoms. The lowest BCUT2D eigenvalue weighted by Gasteiger charge is -2.06. The van der Waals surface area contributed by atoms with Crippen molar-refractivity contribution >= 4 is 11.9 Å². The van der Waals surface area contributed by atoms with Crippen molar-refractivity contribution in [1.29, 1.82) is 0 Å². The molecule has 6 N–H and O–H groups in total. The van der Waals surface area contributed by atoms with E-state index in [0.29, 0.717) is 13.1 Å². The molecule has 0 aliphatic carbocycles. The molecule has 23 heavy (non-hydrogen) atoms. The van der Waals surface area contributed by atoms with Gasteiger partial charge in [0.15, 0.2) is 0 Å². The SMILES string of the molecule is NCCNCc1ccc(CNCCN)cc1.O=C1CCC(=O)O1. The van der Waals surface area contributed by atoms with Crippen molar-refractivity contribution in [2.75, 3.05) is 26.2 Å². The van der Waals surface area contributed by atoms with E-state index in [0.717, 1.165) is 26.2 Å². The summed E-state index contributed by atoms with van der Waals surface area (Å²) in [4.78, 5) is 20.0. The quantitative estimate of drug-likeness (QED) is 0.293. The van der Waals surface area contributed by atoms with Crippen LogP contribution < -0.4 is 22.1 Å². The molecule has 1 heterocycles. The van der Waals surface area contributed by atoms with E-state index in [1.807, 2.05) is 0 Å². The summed E-state index contributed by atoms with van der Waals surface area (Å²) >= 11 is 0. The van der Waals surface area contributed by atoms with Crippen molar-refractivity contribution in [1.82, 2.24) is 10.6 Å². The van der Waals surface area contributed by atoms with Gasteiger partial charge in [0.05, 0.1) is 12.8 Å². The lowest BCUT2D eigenvalue weighted by Crippen LogP contribution is -2.22. The number of hydrogen-bond donors (Lipinski definition) is 4. The van der Waals surface area contributed by atoms with E-state index in [1.165, 1.54) is 11.1 Å². The fourth-order valence-electron chi connectivity index (χ4n) is 1.88. The van der Waals surface area contributed by atoms with Crippen LogP contribution >= 0.6 is 0 Å². The fourth-order valence-corrected chi connectivity index (χ4v) is 1.88. The zero-order valence-electron chi connectivity index (χ0n) is 13.3. The molecule has 128 valence electrons. The minimum absolute atomic E-state index is 0.263. The molecule has 0 amide bonds. The predicted octanol–water partition coefficient (Wildman–Crippen LogP) is -0.367. The van der Waals surface area contributed by atoms with Crippen LogP contribution in [-0.2, 0) is 27.4 Å². The summed E-state index contributed by atoms with van der Waals surface area (Å²) < 4.78 is 4.08. The highest BCUT2D eigenvalue weighted by Gasteiger charge is 2.19. The molecule has 0 saturated carbocycles. The average molecular weight is 322 g/mol. The summed E-state index contributed by atoms with van der Waals surface area (Å²) in [6.07, 6.45) is 0.525. The number of rotatable bonds is 8. The first-order chi connectivity index (χ1) is 11.2. The predicted molar refractivity (Wildman–Crippen MR) is 88.3 cm³/mol. The summed E-state index contributed by atoms with van der Waals surface area (Å²) in [6, 6.07) is 8.57. The van der Waals surface area contributed by atoms with Crippen LogP contribution in [0.15, 0.2) is 24.3 Å². The molecule has 1 aromatic carbocycles. The van der Waals surface area contributed by atoms with Crippen LogP contribution in [0.5, 0.6) is 0 Å². The Balaban J connectivity index is 0.000000313. The van der Waals surface area contributed by atoms with E-state index in [2.05, 4.69) is 39.6 Å². The minimum atomic E-state index is -0.398. The van der Waals surface area contributed by atoms with Gasteiger partial charge in [-0.2, -0.15) is 0 Å². The number of carbonyl (C=O) groups excluding carboxylic acids is 2. The van der Waals surface area contributed by atoms with E-state index >= 15 is 0 Å². The summed E-state index contributed by atoms with van der Waals surface area (Å²) in [5.74, 6) is -0.796. The Morgan fingerprint density at radius 1 is 0.826 bits per heavy atom. The second kappa shape index (κ2) is 11.7. The van der Waals surface area contributed by atoms with E-state index in [4.69, 9.17) is 11.5 Å². The van der Waals surface area contributed by atoms with Gasteiger partial charge in [0.25, 0.3) is 0 Å². The molecular weight excluding hydrogens is 296 g/mol. The minimum Gasteiger partial charge on any atom is -0.393 e. The molecule has 0 atom stereocenters. The maximum absolute atomic E-state index is 10.0. The fraction of sp³-hybridized carbons (Fsp3) is 0.500. The molecule has 7 heteroatoms. The van der Waals surface area contributed by atoms with E-state index < -0.39 is 11.9 Å². The van der Waals surface area contributed by atoms with Crippen LogP contribution in [0, 0.1) is 0 Å². The maximum Gasteiger partial charge on any atom is 0.314 e. The molecule has 1 saturated heterocycles. The van der Waals surface area contributed by atoms with E-state index in [1.54, 1.807) is 0 Å². The molecule has 0 aromatic heterocycles. The van der Waals surface area contributed by atoms with Crippen LogP contribution in [0.3, 0.4) is 0 Å². The highest BCUT2D eigenvalue weighted by atomic mass is 16.6. The van der Waals surface area contributed by atoms with Gasteiger partial charge in [-0.05, 0) is 11.1 Å². The van der Waals surface area contributed by atoms with Gasteiger partial charge < -0.3 is 26.8 Å². The molecule has 0 unspecified atom stereocenters. The van der Waals surface area contributed by atoms with Crippen LogP contribution in [-0.4, -0.2) is 38.1 Å². The van der Waals surface area contributed by atoms with Gasteiger partial charge in [-0.25, -0.2) is 0 Å². The van der Waals surface area contributed by atoms with Gasteiger partial charge in [0.1, 0.15) is 0 Å². The summed E-state index contributed by atoms with van der Waals surface area (Å²) in [6.45, 7) is 4.85. The van der Waals surface area contributed by atoms with Crippen LogP contribution in [0.2, 0.25) is 0 Å². The Morgan fingerprint density at radius 2 is 1.22 bits per heavy atom. The summed E-state index contributed by atoms with van der Waals surface area (Å²) in [5, 5.41) is 6.53. The first-order valence-corrected chi connectivity index (χ1v) is 7.78. The highest BCUT2D eigenvalue weighted by Crippen LogP contribution is 2.04. The third-order valence-corrected chi connectivity index (χ3v) is 3.08. The molecule has 1 aromatic rings. The second-order valence-electron chi connectivity index (χ2n) is 5.09. The Labute approximate surface area is 136 Å². The lowest BCUT2D eigenvalue weighted by atomic mass is 10.1. The Bertz CT molecular complexity index is 434. The third-order valence-electron chi connectivity index (χ3n) is 3.08. The number of carbonyl (C=O) groups is 2. The molecule has 0 radical (unpaired) electrons. The number of esters is 2. The van der Waals surface area contributed by atoms with Gasteiger partial charge in [-0.15, -0.1) is 0 Å². The molecule has 1 aliphatic heterocycles. The first kappa shape index (κ1) is 19.2. The Hall–Kier alpha value is -1.80. The van der Waals surface area contributed by atoms with Crippen molar-refractivity contribution in [3.8, 4) is 0 Å². The zero-order valence-corrected chi connectivity index (χ0v) is 13.3. The largest absolute Gasteiger partial charge is 0.393 e. The average Bonchev–Trinajstić information content (AvgIpc) is 2.93. The van der Waals surface area contributed by atoms with Crippen molar-refractivity contribution in [2.24, 2.45) is 11.5 Å². The van der Waals surface area contributed by atoms with E-state index in [9.17, 15) is 9.59 Å². The number of cyclic esters (lactones) is 2. The molecule has 1 fully saturated rings. The number of benzene rings is 1. The zero-order chi connectivity index (χ0) is 16.9. The molecular formula is C16H26N4O3. The maximum atomic E-state index is 10.0. The summed E-state index contributed by atoms with van der Waals surface area (Å²) in [7, 11) is 0. The normalized spacial score (nSPS) is 13.5. The van der Waals surface area contributed by atoms with Gasteiger partial charge in [0, 0.05) is 39.3 Å². The molecule has 0 spiro atoms. The Morgan fingerprint density at radius 3 is 1.48 bits per heavy atom. The first-order valence-electron chi connectivity index (χ1n) is 7.78. The topological polar surface area (TPSA) is 119 Å². The number of nitrogens with one attached hydrogen (secondary N) is 2. The third kappa shape index (κ3) is 9.04. The lowest BCUT2D eigenvalue weighted by molar-refractivity contribution is -0.151. The number of ether oxygens (including phenoxy) is 1. The van der Waals surface area contributed by atoms with Gasteiger partial charge in [-0.3, -0.25) is 9.59 Å². The van der Waals surface area contributed by atoms with Gasteiger partial charge in [0.2, 0.25) is 0 Å². The van der Waals surface area contributed by atoms with Crippen molar-refractivity contribution in [2.45, 2.75) is 25.9 Å².